The van der Waals surface area contributed by atoms with Gasteiger partial charge in [0.15, 0.2) is 0 Å². The third-order valence-electron chi connectivity index (χ3n) is 11.5. The highest BCUT2D eigenvalue weighted by Crippen LogP contribution is 2.47. The van der Waals surface area contributed by atoms with Crippen molar-refractivity contribution in [2.75, 3.05) is 19.8 Å². The van der Waals surface area contributed by atoms with Gasteiger partial charge in [-0.05, 0) is 12.8 Å². The van der Waals surface area contributed by atoms with Crippen LogP contribution in [0.5, 0.6) is 0 Å². The first-order chi connectivity index (χ1) is 28.0. The van der Waals surface area contributed by atoms with E-state index in [0.29, 0.717) is 13.0 Å². The summed E-state index contributed by atoms with van der Waals surface area (Å²) in [6.45, 7) is 4.30. The van der Waals surface area contributed by atoms with Gasteiger partial charge in [0.25, 0.3) is 0 Å². The number of aliphatic hydroxyl groups excluding tert-OH is 5. The van der Waals surface area contributed by atoms with Gasteiger partial charge in [-0.3, -0.25) is 13.8 Å². The van der Waals surface area contributed by atoms with Gasteiger partial charge in [0.05, 0.1) is 13.2 Å². The molecule has 0 aromatic carbocycles. The van der Waals surface area contributed by atoms with E-state index in [2.05, 4.69) is 13.8 Å². The van der Waals surface area contributed by atoms with Gasteiger partial charge >= 0.3 is 13.8 Å². The molecule has 1 rings (SSSR count). The predicted octanol–water partition coefficient (Wildman–Crippen LogP) is 9.76. The van der Waals surface area contributed by atoms with Gasteiger partial charge in [-0.2, -0.15) is 0 Å². The lowest BCUT2D eigenvalue weighted by Crippen LogP contribution is -2.64. The molecule has 1 fully saturated rings. The molecule has 0 amide bonds. The maximum atomic E-state index is 12.8. The molecule has 346 valence electrons. The average molecular weight is 853 g/mol. The number of carbonyl (C=O) groups excluding carboxylic acids is 1. The lowest BCUT2D eigenvalue weighted by molar-refractivity contribution is -0.220. The number of aliphatic hydroxyl groups is 5. The number of hydrogen-bond donors (Lipinski definition) is 6. The maximum Gasteiger partial charge on any atom is 0.472 e. The SMILES string of the molecule is CCCCCCCCCCCCCCCCCCCCC(=O)OC(COCCCCCCCCCCCCCCC)COP(=O)(O)OC1C(O)C(O)C(O)C(O)C1O. The number of carbonyl (C=O) groups is 1. The van der Waals surface area contributed by atoms with Crippen LogP contribution in [0.15, 0.2) is 0 Å². The molecule has 6 unspecified atom stereocenters. The van der Waals surface area contributed by atoms with E-state index in [1.165, 1.54) is 154 Å². The van der Waals surface area contributed by atoms with E-state index in [1.807, 2.05) is 0 Å². The molecule has 6 N–H and O–H groups in total. The third kappa shape index (κ3) is 28.8. The molecule has 1 saturated carbocycles. The molecule has 1 aliphatic rings. The first-order valence-corrected chi connectivity index (χ1v) is 25.4. The Balaban J connectivity index is 2.35. The van der Waals surface area contributed by atoms with Crippen LogP contribution < -0.4 is 0 Å². The second kappa shape index (κ2) is 36.9. The highest BCUT2D eigenvalue weighted by Gasteiger charge is 2.51. The number of ether oxygens (including phenoxy) is 2. The third-order valence-corrected chi connectivity index (χ3v) is 12.5. The summed E-state index contributed by atoms with van der Waals surface area (Å²) in [7, 11) is -5.01. The van der Waals surface area contributed by atoms with Gasteiger partial charge < -0.3 is 39.9 Å². The normalized spacial score (nSPS) is 22.6. The second-order valence-electron chi connectivity index (χ2n) is 17.0. The van der Waals surface area contributed by atoms with Crippen LogP contribution in [0.2, 0.25) is 0 Å². The number of phosphoric ester groups is 1. The van der Waals surface area contributed by atoms with Crippen LogP contribution >= 0.6 is 7.82 Å². The highest BCUT2D eigenvalue weighted by molar-refractivity contribution is 7.47. The average Bonchev–Trinajstić information content (AvgIpc) is 3.21. The van der Waals surface area contributed by atoms with Crippen molar-refractivity contribution >= 4 is 13.8 Å². The van der Waals surface area contributed by atoms with Crippen LogP contribution in [0, 0.1) is 0 Å². The fourth-order valence-corrected chi connectivity index (χ4v) is 8.62. The summed E-state index contributed by atoms with van der Waals surface area (Å²) in [6.07, 6.45) is 26.0. The zero-order valence-corrected chi connectivity index (χ0v) is 37.8. The minimum Gasteiger partial charge on any atom is -0.457 e. The molecule has 6 atom stereocenters. The Morgan fingerprint density at radius 2 is 0.810 bits per heavy atom. The molecule has 12 nitrogen and oxygen atoms in total. The zero-order chi connectivity index (χ0) is 42.7. The largest absolute Gasteiger partial charge is 0.472 e. The van der Waals surface area contributed by atoms with Crippen molar-refractivity contribution in [1.29, 1.82) is 0 Å². The van der Waals surface area contributed by atoms with Crippen LogP contribution in [0.4, 0.5) is 0 Å². The molecular weight excluding hydrogens is 763 g/mol. The molecule has 0 spiro atoms. The van der Waals surface area contributed by atoms with Gasteiger partial charge in [0.1, 0.15) is 42.7 Å². The first kappa shape index (κ1) is 55.4. The van der Waals surface area contributed by atoms with E-state index in [-0.39, 0.29) is 13.0 Å². The molecule has 1 aliphatic carbocycles. The van der Waals surface area contributed by atoms with E-state index in [1.54, 1.807) is 0 Å². The van der Waals surface area contributed by atoms with E-state index in [4.69, 9.17) is 18.5 Å². The number of rotatable bonds is 41. The van der Waals surface area contributed by atoms with E-state index in [0.717, 1.165) is 38.5 Å². The van der Waals surface area contributed by atoms with Crippen LogP contribution in [0.3, 0.4) is 0 Å². The maximum absolute atomic E-state index is 12.8. The highest BCUT2D eigenvalue weighted by atomic mass is 31.2. The number of unbranched alkanes of at least 4 members (excludes halogenated alkanes) is 29. The van der Waals surface area contributed by atoms with Crippen molar-refractivity contribution in [2.24, 2.45) is 0 Å². The summed E-state index contributed by atoms with van der Waals surface area (Å²) in [5, 5.41) is 50.2. The molecule has 0 aliphatic heterocycles. The zero-order valence-electron chi connectivity index (χ0n) is 36.9. The Kier molecular flexibility index (Phi) is 35.3. The summed E-state index contributed by atoms with van der Waals surface area (Å²) >= 11 is 0. The molecule has 0 heterocycles. The van der Waals surface area contributed by atoms with Gasteiger partial charge in [-0.1, -0.05) is 200 Å². The van der Waals surface area contributed by atoms with Crippen molar-refractivity contribution in [2.45, 2.75) is 262 Å². The van der Waals surface area contributed by atoms with Crippen LogP contribution in [-0.2, 0) is 27.9 Å². The minimum absolute atomic E-state index is 0.0680. The predicted molar refractivity (Wildman–Crippen MR) is 230 cm³/mol. The topological polar surface area (TPSA) is 192 Å². The minimum atomic E-state index is -5.01. The molecular formula is C45H89O12P. The second-order valence-corrected chi connectivity index (χ2v) is 18.4. The molecule has 0 aromatic rings. The van der Waals surface area contributed by atoms with Gasteiger partial charge in [0.2, 0.25) is 0 Å². The Morgan fingerprint density at radius 1 is 0.483 bits per heavy atom. The molecule has 0 radical (unpaired) electrons. The Morgan fingerprint density at radius 3 is 1.19 bits per heavy atom. The Labute approximate surface area is 353 Å². The molecule has 58 heavy (non-hydrogen) atoms. The number of phosphoric acid groups is 1. The quantitative estimate of drug-likeness (QED) is 0.0194. The smallest absolute Gasteiger partial charge is 0.457 e. The Bertz CT molecular complexity index is 973. The molecule has 0 bridgehead atoms. The van der Waals surface area contributed by atoms with E-state index < -0.39 is 63.1 Å². The number of esters is 1. The summed E-state index contributed by atoms with van der Waals surface area (Å²) in [5.41, 5.74) is 0. The van der Waals surface area contributed by atoms with Crippen molar-refractivity contribution in [3.05, 3.63) is 0 Å². The fourth-order valence-electron chi connectivity index (χ4n) is 7.65. The standard InChI is InChI=1S/C45H89O12P/c1-3-5-7-9-11-13-15-17-18-19-20-21-22-24-26-28-30-32-34-39(46)56-38(36-54-35-33-31-29-27-25-23-16-14-12-10-8-6-4-2)37-55-58(52,53)57-45-43(50)41(48)40(47)42(49)44(45)51/h38,40-45,47-51H,3-37H2,1-2H3,(H,52,53). The van der Waals surface area contributed by atoms with Crippen molar-refractivity contribution < 1.29 is 58.3 Å². The fraction of sp³-hybridized carbons (Fsp3) is 0.978. The van der Waals surface area contributed by atoms with Crippen LogP contribution in [0.25, 0.3) is 0 Å². The lowest BCUT2D eigenvalue weighted by atomic mass is 9.85. The van der Waals surface area contributed by atoms with E-state index in [9.17, 15) is 39.8 Å². The molecule has 0 saturated heterocycles. The van der Waals surface area contributed by atoms with Crippen LogP contribution in [0.1, 0.15) is 219 Å². The van der Waals surface area contributed by atoms with Crippen molar-refractivity contribution in [3.8, 4) is 0 Å². The van der Waals surface area contributed by atoms with Crippen LogP contribution in [-0.4, -0.2) is 98.9 Å². The number of hydrogen-bond acceptors (Lipinski definition) is 11. The van der Waals surface area contributed by atoms with Gasteiger partial charge in [-0.25, -0.2) is 4.57 Å². The summed E-state index contributed by atoms with van der Waals surface area (Å²) < 4.78 is 34.2. The molecule has 0 aromatic heterocycles. The monoisotopic (exact) mass is 853 g/mol. The van der Waals surface area contributed by atoms with Gasteiger partial charge in [0, 0.05) is 13.0 Å². The Hall–Kier alpha value is -0.660. The summed E-state index contributed by atoms with van der Waals surface area (Å²) in [6, 6.07) is 0. The summed E-state index contributed by atoms with van der Waals surface area (Å²) in [4.78, 5) is 23.2. The van der Waals surface area contributed by atoms with Crippen molar-refractivity contribution in [1.82, 2.24) is 0 Å². The van der Waals surface area contributed by atoms with Gasteiger partial charge in [-0.15, -0.1) is 0 Å². The first-order valence-electron chi connectivity index (χ1n) is 23.9. The van der Waals surface area contributed by atoms with E-state index >= 15 is 0 Å². The molecule has 13 heteroatoms. The lowest BCUT2D eigenvalue weighted by Gasteiger charge is -2.41. The summed E-state index contributed by atoms with van der Waals surface area (Å²) in [5.74, 6) is -0.471. The van der Waals surface area contributed by atoms with Crippen molar-refractivity contribution in [3.63, 3.8) is 0 Å².